The van der Waals surface area contributed by atoms with Crippen LogP contribution < -0.4 is 5.32 Å². The molecule has 2 saturated heterocycles. The summed E-state index contributed by atoms with van der Waals surface area (Å²) in [5.74, 6) is 0. The van der Waals surface area contributed by atoms with Gasteiger partial charge in [0.15, 0.2) is 0 Å². The number of rotatable bonds is 1. The number of aliphatic hydroxyl groups is 1. The molecule has 2 rings (SSSR count). The maximum Gasteiger partial charge on any atom is 0.0831 e. The maximum absolute atomic E-state index is 9.81. The van der Waals surface area contributed by atoms with Crippen LogP contribution in [0.15, 0.2) is 0 Å². The van der Waals surface area contributed by atoms with Crippen LogP contribution >= 0.6 is 0 Å². The first-order valence-corrected chi connectivity index (χ1v) is 5.71. The van der Waals surface area contributed by atoms with Crippen LogP contribution in [0.3, 0.4) is 0 Å². The summed E-state index contributed by atoms with van der Waals surface area (Å²) < 4.78 is 0. The van der Waals surface area contributed by atoms with E-state index in [0.717, 1.165) is 26.2 Å². The summed E-state index contributed by atoms with van der Waals surface area (Å²) in [5, 5.41) is 13.1. The van der Waals surface area contributed by atoms with Crippen LogP contribution in [0, 0.1) is 5.41 Å². The topological polar surface area (TPSA) is 35.5 Å². The molecule has 2 atom stereocenters. The van der Waals surface area contributed by atoms with E-state index in [2.05, 4.69) is 24.1 Å². The highest BCUT2D eigenvalue weighted by Gasteiger charge is 2.35. The Hall–Kier alpha value is -0.120. The summed E-state index contributed by atoms with van der Waals surface area (Å²) in [6, 6.07) is 0.356. The lowest BCUT2D eigenvalue weighted by atomic mass is 9.83. The molecule has 2 heterocycles. The first-order chi connectivity index (χ1) is 6.58. The first kappa shape index (κ1) is 10.4. The molecule has 3 nitrogen and oxygen atoms in total. The molecule has 2 aliphatic rings. The van der Waals surface area contributed by atoms with E-state index >= 15 is 0 Å². The largest absolute Gasteiger partial charge is 0.390 e. The standard InChI is InChI=1S/C11H22N2O/c1-11(2)4-3-5-13(8-11)9-6-12-7-10(9)14/h9-10,12,14H,3-8H2,1-2H3. The van der Waals surface area contributed by atoms with Gasteiger partial charge in [0.05, 0.1) is 6.10 Å². The van der Waals surface area contributed by atoms with E-state index in [4.69, 9.17) is 0 Å². The third-order valence-electron chi connectivity index (χ3n) is 3.55. The Labute approximate surface area is 86.5 Å². The fourth-order valence-corrected chi connectivity index (χ4v) is 2.78. The smallest absolute Gasteiger partial charge is 0.0831 e. The Bertz CT molecular complexity index is 205. The van der Waals surface area contributed by atoms with E-state index in [0.29, 0.717) is 11.5 Å². The number of likely N-dealkylation sites (tertiary alicyclic amines) is 1. The Morgan fingerprint density at radius 1 is 1.36 bits per heavy atom. The molecule has 2 N–H and O–H groups in total. The predicted octanol–water partition coefficient (Wildman–Crippen LogP) is 0.441. The highest BCUT2D eigenvalue weighted by molar-refractivity contribution is 4.92. The molecule has 0 amide bonds. The quantitative estimate of drug-likeness (QED) is 0.642. The van der Waals surface area contributed by atoms with Crippen LogP contribution in [0.2, 0.25) is 0 Å². The second kappa shape index (κ2) is 3.80. The normalized spacial score (nSPS) is 38.8. The molecular formula is C11H22N2O. The molecular weight excluding hydrogens is 176 g/mol. The van der Waals surface area contributed by atoms with Crippen LogP contribution in [0.4, 0.5) is 0 Å². The van der Waals surface area contributed by atoms with Crippen LogP contribution in [0.25, 0.3) is 0 Å². The minimum Gasteiger partial charge on any atom is -0.390 e. The summed E-state index contributed by atoms with van der Waals surface area (Å²) in [6.45, 7) is 8.67. The zero-order chi connectivity index (χ0) is 10.2. The van der Waals surface area contributed by atoms with E-state index in [1.54, 1.807) is 0 Å². The van der Waals surface area contributed by atoms with Crippen LogP contribution in [0.5, 0.6) is 0 Å². The molecule has 0 aliphatic carbocycles. The van der Waals surface area contributed by atoms with Crippen molar-refractivity contribution in [3.05, 3.63) is 0 Å². The summed E-state index contributed by atoms with van der Waals surface area (Å²) in [6.07, 6.45) is 2.43. The summed E-state index contributed by atoms with van der Waals surface area (Å²) in [5.41, 5.74) is 0.431. The van der Waals surface area contributed by atoms with Crippen molar-refractivity contribution < 1.29 is 5.11 Å². The molecule has 0 radical (unpaired) electrons. The van der Waals surface area contributed by atoms with E-state index in [1.165, 1.54) is 12.8 Å². The molecule has 0 bridgehead atoms. The molecule has 82 valence electrons. The molecule has 0 saturated carbocycles. The van der Waals surface area contributed by atoms with Gasteiger partial charge in [-0.2, -0.15) is 0 Å². The summed E-state index contributed by atoms with van der Waals surface area (Å²) >= 11 is 0. The lowest BCUT2D eigenvalue weighted by molar-refractivity contribution is 0.0308. The van der Waals surface area contributed by atoms with Crippen LogP contribution in [-0.4, -0.2) is 48.3 Å². The molecule has 2 unspecified atom stereocenters. The number of hydrogen-bond donors (Lipinski definition) is 2. The number of hydrogen-bond acceptors (Lipinski definition) is 3. The molecule has 2 fully saturated rings. The van der Waals surface area contributed by atoms with Gasteiger partial charge in [-0.1, -0.05) is 13.8 Å². The van der Waals surface area contributed by atoms with Gasteiger partial charge in [0.25, 0.3) is 0 Å². The average molecular weight is 198 g/mol. The number of nitrogens with zero attached hydrogens (tertiary/aromatic N) is 1. The van der Waals surface area contributed by atoms with Crippen molar-refractivity contribution in [2.24, 2.45) is 5.41 Å². The third-order valence-corrected chi connectivity index (χ3v) is 3.55. The number of aliphatic hydroxyl groups excluding tert-OH is 1. The minimum atomic E-state index is -0.163. The number of piperidine rings is 1. The fourth-order valence-electron chi connectivity index (χ4n) is 2.78. The highest BCUT2D eigenvalue weighted by Crippen LogP contribution is 2.30. The first-order valence-electron chi connectivity index (χ1n) is 5.71. The van der Waals surface area contributed by atoms with Crippen molar-refractivity contribution in [2.75, 3.05) is 26.2 Å². The fraction of sp³-hybridized carbons (Fsp3) is 1.00. The van der Waals surface area contributed by atoms with Gasteiger partial charge in [-0.05, 0) is 24.8 Å². The van der Waals surface area contributed by atoms with Gasteiger partial charge in [0.1, 0.15) is 0 Å². The molecule has 0 aromatic heterocycles. The van der Waals surface area contributed by atoms with Gasteiger partial charge in [-0.25, -0.2) is 0 Å². The van der Waals surface area contributed by atoms with Crippen molar-refractivity contribution >= 4 is 0 Å². The highest BCUT2D eigenvalue weighted by atomic mass is 16.3. The number of nitrogens with one attached hydrogen (secondary N) is 1. The molecule has 3 heteroatoms. The van der Waals surface area contributed by atoms with E-state index in [-0.39, 0.29) is 6.10 Å². The third kappa shape index (κ3) is 2.10. The van der Waals surface area contributed by atoms with Gasteiger partial charge in [0, 0.05) is 25.7 Å². The van der Waals surface area contributed by atoms with Crippen LogP contribution in [-0.2, 0) is 0 Å². The Morgan fingerprint density at radius 3 is 2.71 bits per heavy atom. The molecule has 2 aliphatic heterocycles. The lowest BCUT2D eigenvalue weighted by Crippen LogP contribution is -2.50. The van der Waals surface area contributed by atoms with E-state index < -0.39 is 0 Å². The van der Waals surface area contributed by atoms with Gasteiger partial charge in [0.2, 0.25) is 0 Å². The molecule has 0 aromatic rings. The zero-order valence-electron chi connectivity index (χ0n) is 9.29. The summed E-state index contributed by atoms with van der Waals surface area (Å²) in [4.78, 5) is 2.47. The Morgan fingerprint density at radius 2 is 2.14 bits per heavy atom. The van der Waals surface area contributed by atoms with Gasteiger partial charge in [-0.3, -0.25) is 4.90 Å². The lowest BCUT2D eigenvalue weighted by Gasteiger charge is -2.41. The van der Waals surface area contributed by atoms with Crippen molar-refractivity contribution in [3.8, 4) is 0 Å². The molecule has 14 heavy (non-hydrogen) atoms. The van der Waals surface area contributed by atoms with Gasteiger partial charge >= 0.3 is 0 Å². The van der Waals surface area contributed by atoms with Crippen molar-refractivity contribution in [2.45, 2.75) is 38.8 Å². The van der Waals surface area contributed by atoms with Crippen LogP contribution in [0.1, 0.15) is 26.7 Å². The predicted molar refractivity (Wildman–Crippen MR) is 57.3 cm³/mol. The monoisotopic (exact) mass is 198 g/mol. The molecule has 0 spiro atoms. The Balaban J connectivity index is 1.97. The van der Waals surface area contributed by atoms with Crippen molar-refractivity contribution in [1.29, 1.82) is 0 Å². The second-order valence-corrected chi connectivity index (χ2v) is 5.53. The zero-order valence-corrected chi connectivity index (χ0v) is 9.29. The van der Waals surface area contributed by atoms with Gasteiger partial charge < -0.3 is 10.4 Å². The van der Waals surface area contributed by atoms with Crippen molar-refractivity contribution in [1.82, 2.24) is 10.2 Å². The molecule has 0 aromatic carbocycles. The van der Waals surface area contributed by atoms with E-state index in [9.17, 15) is 5.11 Å². The van der Waals surface area contributed by atoms with Gasteiger partial charge in [-0.15, -0.1) is 0 Å². The van der Waals surface area contributed by atoms with Crippen molar-refractivity contribution in [3.63, 3.8) is 0 Å². The average Bonchev–Trinajstić information content (AvgIpc) is 2.49. The second-order valence-electron chi connectivity index (χ2n) is 5.53. The van der Waals surface area contributed by atoms with E-state index in [1.807, 2.05) is 0 Å². The number of β-amino-alcohol motifs (C(OH)–C–C–N with tert-alkyl or cyclic N) is 1. The SMILES string of the molecule is CC1(C)CCCN(C2CNCC2O)C1. The Kier molecular flexibility index (Phi) is 2.82. The summed E-state index contributed by atoms with van der Waals surface area (Å²) in [7, 11) is 0. The maximum atomic E-state index is 9.81. The minimum absolute atomic E-state index is 0.163.